The second-order valence-corrected chi connectivity index (χ2v) is 10.5. The van der Waals surface area contributed by atoms with Gasteiger partial charge in [-0.15, -0.1) is 0 Å². The molecule has 0 fully saturated rings. The van der Waals surface area contributed by atoms with Crippen molar-refractivity contribution in [3.8, 4) is 11.5 Å². The van der Waals surface area contributed by atoms with Gasteiger partial charge in [0.25, 0.3) is 0 Å². The van der Waals surface area contributed by atoms with Gasteiger partial charge in [-0.1, -0.05) is 72.8 Å². The van der Waals surface area contributed by atoms with E-state index in [-0.39, 0.29) is 7.48 Å². The molecule has 0 radical (unpaired) electrons. The number of nitrogens with zero attached hydrogens (tertiary/aromatic N) is 3. The van der Waals surface area contributed by atoms with Gasteiger partial charge in [-0.2, -0.15) is 0 Å². The Hall–Kier alpha value is -5.33. The summed E-state index contributed by atoms with van der Waals surface area (Å²) in [5, 5.41) is 17.1. The van der Waals surface area contributed by atoms with Gasteiger partial charge in [-0.05, 0) is 42.5 Å². The minimum absolute atomic E-state index is 0.161. The molecule has 0 aliphatic heterocycles. The number of hydrogen-bond donors (Lipinski definition) is 1. The Morgan fingerprint density at radius 2 is 1.10 bits per heavy atom. The van der Waals surface area contributed by atoms with E-state index in [1.807, 2.05) is 24.3 Å². The van der Waals surface area contributed by atoms with Gasteiger partial charge in [0.05, 0.1) is 27.8 Å². The van der Waals surface area contributed by atoms with Crippen molar-refractivity contribution >= 4 is 78.6 Å². The van der Waals surface area contributed by atoms with Gasteiger partial charge in [0.1, 0.15) is 17.0 Å². The Kier molecular flexibility index (Phi) is 4.57. The smallest absolute Gasteiger partial charge is 0.325 e. The maximum Gasteiger partial charge on any atom is 0.325 e. The van der Waals surface area contributed by atoms with Gasteiger partial charge < -0.3 is 14.0 Å². The largest absolute Gasteiger partial charge is 0.456 e. The Morgan fingerprint density at radius 1 is 0.512 bits per heavy atom. The number of furan rings is 1. The minimum Gasteiger partial charge on any atom is -0.456 e. The molecular formula is C35H22BN3O2. The molecule has 0 bridgehead atoms. The van der Waals surface area contributed by atoms with Crippen LogP contribution in [0.5, 0.6) is 0 Å². The maximum absolute atomic E-state index is 10.4. The fraction of sp³-hybridized carbons (Fsp3) is 0. The molecule has 41 heavy (non-hydrogen) atoms. The molecule has 6 heteroatoms. The summed E-state index contributed by atoms with van der Waals surface area (Å²) in [4.78, 5) is 4.97. The maximum atomic E-state index is 10.4. The molecule has 0 aliphatic rings. The van der Waals surface area contributed by atoms with Crippen molar-refractivity contribution in [2.24, 2.45) is 0 Å². The molecule has 5 nitrogen and oxygen atoms in total. The first-order chi connectivity index (χ1) is 20.3. The van der Waals surface area contributed by atoms with E-state index < -0.39 is 0 Å². The van der Waals surface area contributed by atoms with Crippen molar-refractivity contribution in [2.45, 2.75) is 0 Å². The second kappa shape index (κ2) is 8.34. The summed E-state index contributed by atoms with van der Waals surface area (Å²) >= 11 is 0. The molecule has 0 atom stereocenters. The third kappa shape index (κ3) is 3.13. The number of benzene rings is 5. The number of rotatable bonds is 3. The van der Waals surface area contributed by atoms with Crippen LogP contribution in [0.2, 0.25) is 0 Å². The van der Waals surface area contributed by atoms with Crippen molar-refractivity contribution < 1.29 is 9.44 Å². The first-order valence-electron chi connectivity index (χ1n) is 13.7. The second-order valence-electron chi connectivity index (χ2n) is 10.5. The van der Waals surface area contributed by atoms with Crippen molar-refractivity contribution in [3.05, 3.63) is 121 Å². The van der Waals surface area contributed by atoms with Crippen LogP contribution in [-0.4, -0.2) is 26.6 Å². The average molecular weight is 527 g/mol. The van der Waals surface area contributed by atoms with E-state index in [2.05, 4.69) is 106 Å². The Morgan fingerprint density at radius 3 is 1.78 bits per heavy atom. The van der Waals surface area contributed by atoms with Gasteiger partial charge in [0.2, 0.25) is 0 Å². The van der Waals surface area contributed by atoms with E-state index >= 15 is 0 Å². The third-order valence-corrected chi connectivity index (χ3v) is 8.25. The molecule has 0 saturated carbocycles. The lowest BCUT2D eigenvalue weighted by Gasteiger charge is -2.14. The highest BCUT2D eigenvalue weighted by Gasteiger charge is 2.19. The summed E-state index contributed by atoms with van der Waals surface area (Å²) in [5.41, 5.74) is 7.63. The fourth-order valence-corrected chi connectivity index (χ4v) is 6.52. The van der Waals surface area contributed by atoms with Crippen LogP contribution in [0.1, 0.15) is 0 Å². The van der Waals surface area contributed by atoms with Gasteiger partial charge in [0.15, 0.2) is 0 Å². The molecule has 4 heterocycles. The van der Waals surface area contributed by atoms with E-state index in [0.29, 0.717) is 5.59 Å². The quantitative estimate of drug-likeness (QED) is 0.249. The van der Waals surface area contributed by atoms with Crippen LogP contribution < -0.4 is 5.59 Å². The van der Waals surface area contributed by atoms with Crippen molar-refractivity contribution in [1.29, 1.82) is 0 Å². The minimum atomic E-state index is -0.161. The molecule has 0 amide bonds. The summed E-state index contributed by atoms with van der Waals surface area (Å²) in [6.45, 7) is 0. The summed E-state index contributed by atoms with van der Waals surface area (Å²) in [6.07, 6.45) is 0. The topological polar surface area (TPSA) is 56.1 Å². The molecule has 9 aromatic rings. The lowest BCUT2D eigenvalue weighted by Crippen LogP contribution is -2.21. The number of fused-ring (bicyclic) bond motifs is 9. The highest BCUT2D eigenvalue weighted by atomic mass is 16.3. The highest BCUT2D eigenvalue weighted by Crippen LogP contribution is 2.38. The molecular weight excluding hydrogens is 505 g/mol. The van der Waals surface area contributed by atoms with E-state index in [1.165, 1.54) is 10.8 Å². The number of pyridine rings is 1. The van der Waals surface area contributed by atoms with Crippen molar-refractivity contribution in [3.63, 3.8) is 0 Å². The SMILES string of the molecule is OBc1cc(-n2c3ccccc3c3ccccc32)cc(-n2c3ccccc3c3cc4oc5ccccc5c4cc32)n1. The van der Waals surface area contributed by atoms with Gasteiger partial charge >= 0.3 is 7.48 Å². The Bertz CT molecular complexity index is 2430. The molecule has 5 aromatic carbocycles. The van der Waals surface area contributed by atoms with Crippen LogP contribution >= 0.6 is 0 Å². The molecule has 0 aliphatic carbocycles. The zero-order chi connectivity index (χ0) is 27.1. The van der Waals surface area contributed by atoms with Crippen LogP contribution in [-0.2, 0) is 0 Å². The van der Waals surface area contributed by atoms with E-state index in [9.17, 15) is 5.02 Å². The standard InChI is InChI=1S/C35H22BN3O2/c40-36-34-17-21(38-28-13-5-1-9-22(28)23-10-2-6-14-29(23)38)18-35(37-34)39-30-15-7-3-11-24(30)26-20-33-27(19-31(26)39)25-12-4-8-16-32(25)41-33/h1-20,36,40H. The Balaban J connectivity index is 1.40. The molecule has 0 spiro atoms. The molecule has 4 aromatic heterocycles. The molecule has 192 valence electrons. The summed E-state index contributed by atoms with van der Waals surface area (Å²) in [6, 6.07) is 41.9. The van der Waals surface area contributed by atoms with Crippen LogP contribution in [0.15, 0.2) is 126 Å². The lowest BCUT2D eigenvalue weighted by molar-refractivity contribution is 0.614. The van der Waals surface area contributed by atoms with Gasteiger partial charge in [-0.3, -0.25) is 4.57 Å². The molecule has 1 N–H and O–H groups in total. The van der Waals surface area contributed by atoms with E-state index in [1.54, 1.807) is 0 Å². The highest BCUT2D eigenvalue weighted by molar-refractivity contribution is 6.44. The van der Waals surface area contributed by atoms with Crippen LogP contribution in [0, 0.1) is 0 Å². The first kappa shape index (κ1) is 22.5. The predicted octanol–water partition coefficient (Wildman–Crippen LogP) is 7.14. The van der Waals surface area contributed by atoms with Crippen LogP contribution in [0.25, 0.3) is 77.1 Å². The fourth-order valence-electron chi connectivity index (χ4n) is 6.52. The molecule has 9 rings (SSSR count). The third-order valence-electron chi connectivity index (χ3n) is 8.25. The van der Waals surface area contributed by atoms with E-state index in [4.69, 9.17) is 9.40 Å². The molecule has 0 unspecified atom stereocenters. The average Bonchev–Trinajstić information content (AvgIpc) is 3.67. The monoisotopic (exact) mass is 527 g/mol. The van der Waals surface area contributed by atoms with Crippen LogP contribution in [0.4, 0.5) is 0 Å². The number of hydrogen-bond acceptors (Lipinski definition) is 3. The van der Waals surface area contributed by atoms with Gasteiger partial charge in [0, 0.05) is 44.0 Å². The Labute approximate surface area is 234 Å². The van der Waals surface area contributed by atoms with Gasteiger partial charge in [-0.25, -0.2) is 4.98 Å². The predicted molar refractivity (Wildman–Crippen MR) is 169 cm³/mol. The summed E-state index contributed by atoms with van der Waals surface area (Å²) < 4.78 is 10.7. The van der Waals surface area contributed by atoms with Crippen molar-refractivity contribution in [2.75, 3.05) is 0 Å². The number of para-hydroxylation sites is 4. The lowest BCUT2D eigenvalue weighted by atomic mass is 9.95. The zero-order valence-electron chi connectivity index (χ0n) is 22.0. The normalized spacial score (nSPS) is 12.0. The van der Waals surface area contributed by atoms with E-state index in [0.717, 1.165) is 66.3 Å². The zero-order valence-corrected chi connectivity index (χ0v) is 22.0. The van der Waals surface area contributed by atoms with Crippen molar-refractivity contribution in [1.82, 2.24) is 14.1 Å². The first-order valence-corrected chi connectivity index (χ1v) is 13.7. The number of aromatic nitrogens is 3. The summed E-state index contributed by atoms with van der Waals surface area (Å²) in [7, 11) is -0.161. The van der Waals surface area contributed by atoms with Crippen LogP contribution in [0.3, 0.4) is 0 Å². The summed E-state index contributed by atoms with van der Waals surface area (Å²) in [5.74, 6) is 0.756. The molecule has 0 saturated heterocycles.